The minimum absolute atomic E-state index is 0.332. The molecule has 3 nitrogen and oxygen atoms in total. The van der Waals surface area contributed by atoms with Crippen LogP contribution >= 0.6 is 11.3 Å². The highest BCUT2D eigenvalue weighted by Gasteiger charge is 2.33. The van der Waals surface area contributed by atoms with Crippen molar-refractivity contribution >= 4 is 11.3 Å². The molecule has 0 aliphatic carbocycles. The predicted octanol–water partition coefficient (Wildman–Crippen LogP) is 2.39. The van der Waals surface area contributed by atoms with Crippen LogP contribution in [-0.2, 0) is 11.2 Å². The van der Waals surface area contributed by atoms with Crippen LogP contribution in [0.5, 0.6) is 0 Å². The van der Waals surface area contributed by atoms with Gasteiger partial charge in [0.25, 0.3) is 0 Å². The highest BCUT2D eigenvalue weighted by molar-refractivity contribution is 7.11. The van der Waals surface area contributed by atoms with Crippen molar-refractivity contribution in [3.8, 4) is 0 Å². The van der Waals surface area contributed by atoms with E-state index >= 15 is 0 Å². The molecule has 0 saturated carbocycles. The number of hydrogen-bond acceptors (Lipinski definition) is 4. The molecule has 2 heterocycles. The Kier molecular flexibility index (Phi) is 3.62. The summed E-state index contributed by atoms with van der Waals surface area (Å²) in [6.45, 7) is 9.38. The molecule has 90 valence electrons. The highest BCUT2D eigenvalue weighted by atomic mass is 32.1. The van der Waals surface area contributed by atoms with Crippen molar-refractivity contribution in [1.82, 2.24) is 10.3 Å². The maximum absolute atomic E-state index is 5.24. The number of aryl methyl sites for hydroxylation is 1. The van der Waals surface area contributed by atoms with Gasteiger partial charge in [0.2, 0.25) is 0 Å². The Morgan fingerprint density at radius 1 is 1.62 bits per heavy atom. The molecule has 2 rings (SSSR count). The van der Waals surface area contributed by atoms with E-state index in [2.05, 4.69) is 31.1 Å². The first-order valence-electron chi connectivity index (χ1n) is 5.89. The molecule has 1 saturated heterocycles. The van der Waals surface area contributed by atoms with Gasteiger partial charge in [-0.1, -0.05) is 13.8 Å². The molecule has 4 heteroatoms. The Bertz CT molecular complexity index is 347. The van der Waals surface area contributed by atoms with Crippen molar-refractivity contribution in [2.45, 2.75) is 33.2 Å². The summed E-state index contributed by atoms with van der Waals surface area (Å²) < 4.78 is 5.24. The second kappa shape index (κ2) is 4.82. The molecule has 0 spiro atoms. The molecule has 1 aliphatic heterocycles. The summed E-state index contributed by atoms with van der Waals surface area (Å²) in [4.78, 5) is 5.82. The van der Waals surface area contributed by atoms with E-state index in [-0.39, 0.29) is 0 Å². The first-order valence-corrected chi connectivity index (χ1v) is 6.70. The van der Waals surface area contributed by atoms with Gasteiger partial charge in [-0.05, 0) is 13.3 Å². The third kappa shape index (κ3) is 2.62. The number of thiazole rings is 1. The first kappa shape index (κ1) is 12.0. The average molecular weight is 240 g/mol. The lowest BCUT2D eigenvalue weighted by atomic mass is 9.88. The van der Waals surface area contributed by atoms with Crippen LogP contribution in [0.1, 0.15) is 36.7 Å². The lowest BCUT2D eigenvalue weighted by Gasteiger charge is -2.38. The number of ether oxygens (including phenoxy) is 1. The molecule has 16 heavy (non-hydrogen) atoms. The molecule has 0 aromatic carbocycles. The predicted molar refractivity (Wildman–Crippen MR) is 66.8 cm³/mol. The fraction of sp³-hybridized carbons (Fsp3) is 0.750. The topological polar surface area (TPSA) is 34.2 Å². The molecule has 0 radical (unpaired) electrons. The van der Waals surface area contributed by atoms with Crippen molar-refractivity contribution in [2.75, 3.05) is 19.8 Å². The molecular weight excluding hydrogens is 220 g/mol. The Hall–Kier alpha value is -0.450. The van der Waals surface area contributed by atoms with E-state index in [4.69, 9.17) is 4.74 Å². The summed E-state index contributed by atoms with van der Waals surface area (Å²) in [5.74, 6) is 0. The van der Waals surface area contributed by atoms with Crippen LogP contribution in [0.4, 0.5) is 0 Å². The molecule has 0 bridgehead atoms. The van der Waals surface area contributed by atoms with E-state index in [1.54, 1.807) is 0 Å². The van der Waals surface area contributed by atoms with Gasteiger partial charge in [0.1, 0.15) is 5.01 Å². The third-order valence-corrected chi connectivity index (χ3v) is 4.35. The molecule has 1 fully saturated rings. The van der Waals surface area contributed by atoms with Gasteiger partial charge in [0, 0.05) is 23.0 Å². The summed E-state index contributed by atoms with van der Waals surface area (Å²) in [5, 5.41) is 4.74. The van der Waals surface area contributed by atoms with Gasteiger partial charge < -0.3 is 10.1 Å². The SMILES string of the molecule is CCc1cnc(C(C)NCC2(C)COC2)s1. The maximum atomic E-state index is 5.24. The van der Waals surface area contributed by atoms with Crippen molar-refractivity contribution < 1.29 is 4.74 Å². The van der Waals surface area contributed by atoms with E-state index in [9.17, 15) is 0 Å². The van der Waals surface area contributed by atoms with Crippen molar-refractivity contribution in [3.05, 3.63) is 16.1 Å². The second-order valence-electron chi connectivity index (χ2n) is 4.92. The number of hydrogen-bond donors (Lipinski definition) is 1. The summed E-state index contributed by atoms with van der Waals surface area (Å²) in [5.41, 5.74) is 0.332. The third-order valence-electron chi connectivity index (χ3n) is 3.03. The standard InChI is InChI=1S/C12H20N2OS/c1-4-10-5-13-11(16-10)9(2)14-6-12(3)7-15-8-12/h5,9,14H,4,6-8H2,1-3H3. The van der Waals surface area contributed by atoms with Crippen LogP contribution in [0.2, 0.25) is 0 Å². The number of aromatic nitrogens is 1. The Balaban J connectivity index is 1.85. The Morgan fingerprint density at radius 2 is 2.38 bits per heavy atom. The molecule has 0 amide bonds. The molecule has 1 atom stereocenters. The van der Waals surface area contributed by atoms with Crippen LogP contribution in [0.15, 0.2) is 6.20 Å². The quantitative estimate of drug-likeness (QED) is 0.858. The Labute approximate surface area is 101 Å². The van der Waals surface area contributed by atoms with Gasteiger partial charge in [-0.15, -0.1) is 11.3 Å². The van der Waals surface area contributed by atoms with E-state index in [0.29, 0.717) is 11.5 Å². The van der Waals surface area contributed by atoms with E-state index in [1.807, 2.05) is 17.5 Å². The van der Waals surface area contributed by atoms with Crippen molar-refractivity contribution in [3.63, 3.8) is 0 Å². The maximum Gasteiger partial charge on any atom is 0.109 e. The minimum Gasteiger partial charge on any atom is -0.380 e. The number of nitrogens with zero attached hydrogens (tertiary/aromatic N) is 1. The van der Waals surface area contributed by atoms with Gasteiger partial charge in [-0.2, -0.15) is 0 Å². The monoisotopic (exact) mass is 240 g/mol. The molecule has 1 aromatic rings. The summed E-state index contributed by atoms with van der Waals surface area (Å²) in [6.07, 6.45) is 3.07. The van der Waals surface area contributed by atoms with Gasteiger partial charge >= 0.3 is 0 Å². The first-order chi connectivity index (χ1) is 7.63. The number of rotatable bonds is 5. The van der Waals surface area contributed by atoms with Gasteiger partial charge in [-0.3, -0.25) is 0 Å². The Morgan fingerprint density at radius 3 is 2.88 bits per heavy atom. The van der Waals surface area contributed by atoms with Crippen LogP contribution in [0, 0.1) is 5.41 Å². The zero-order valence-electron chi connectivity index (χ0n) is 10.2. The van der Waals surface area contributed by atoms with Crippen molar-refractivity contribution in [2.24, 2.45) is 5.41 Å². The van der Waals surface area contributed by atoms with Crippen LogP contribution < -0.4 is 5.32 Å². The van der Waals surface area contributed by atoms with Gasteiger partial charge in [-0.25, -0.2) is 4.98 Å². The van der Waals surface area contributed by atoms with Gasteiger partial charge in [0.15, 0.2) is 0 Å². The fourth-order valence-corrected chi connectivity index (χ4v) is 2.61. The largest absolute Gasteiger partial charge is 0.380 e. The number of nitrogens with one attached hydrogen (secondary N) is 1. The lowest BCUT2D eigenvalue weighted by molar-refractivity contribution is -0.0999. The fourth-order valence-electron chi connectivity index (χ4n) is 1.73. The normalized spacial score (nSPS) is 20.4. The molecule has 1 unspecified atom stereocenters. The van der Waals surface area contributed by atoms with E-state index in [0.717, 1.165) is 26.2 Å². The van der Waals surface area contributed by atoms with E-state index in [1.165, 1.54) is 9.88 Å². The lowest BCUT2D eigenvalue weighted by Crippen LogP contribution is -2.47. The second-order valence-corrected chi connectivity index (χ2v) is 6.07. The zero-order valence-corrected chi connectivity index (χ0v) is 11.1. The summed E-state index contributed by atoms with van der Waals surface area (Å²) in [6, 6.07) is 0.350. The van der Waals surface area contributed by atoms with Crippen LogP contribution in [-0.4, -0.2) is 24.7 Å². The van der Waals surface area contributed by atoms with Gasteiger partial charge in [0.05, 0.1) is 19.3 Å². The van der Waals surface area contributed by atoms with E-state index < -0.39 is 0 Å². The minimum atomic E-state index is 0.332. The average Bonchev–Trinajstić information content (AvgIpc) is 2.71. The highest BCUT2D eigenvalue weighted by Crippen LogP contribution is 2.27. The molecule has 1 aromatic heterocycles. The molecule has 1 aliphatic rings. The van der Waals surface area contributed by atoms with Crippen LogP contribution in [0.25, 0.3) is 0 Å². The molecular formula is C12H20N2OS. The zero-order chi connectivity index (χ0) is 11.6. The van der Waals surface area contributed by atoms with Crippen LogP contribution in [0.3, 0.4) is 0 Å². The molecule has 1 N–H and O–H groups in total. The smallest absolute Gasteiger partial charge is 0.109 e. The van der Waals surface area contributed by atoms with Crippen molar-refractivity contribution in [1.29, 1.82) is 0 Å². The summed E-state index contributed by atoms with van der Waals surface area (Å²) >= 11 is 1.81. The summed E-state index contributed by atoms with van der Waals surface area (Å²) in [7, 11) is 0.